The Kier molecular flexibility index (Phi) is 8.76. The van der Waals surface area contributed by atoms with E-state index in [4.69, 9.17) is 4.74 Å². The quantitative estimate of drug-likeness (QED) is 0.171. The van der Waals surface area contributed by atoms with Gasteiger partial charge in [-0.25, -0.2) is 0 Å². The second kappa shape index (κ2) is 15.4. The topological polar surface area (TPSA) is 12.5 Å². The molecule has 71 heavy (non-hydrogen) atoms. The number of para-hydroxylation sites is 2. The first-order valence-corrected chi connectivity index (χ1v) is 25.3. The van der Waals surface area contributed by atoms with E-state index in [0.717, 1.165) is 39.7 Å². The molecule has 15 rings (SSSR count). The minimum atomic E-state index is -0.548. The zero-order valence-electron chi connectivity index (χ0n) is 38.6. The number of anilines is 3. The number of hydrogen-bond donors (Lipinski definition) is 0. The summed E-state index contributed by atoms with van der Waals surface area (Å²) in [5, 5.41) is 0. The molecule has 2 aliphatic carbocycles. The molecule has 0 atom stereocenters. The van der Waals surface area contributed by atoms with Crippen LogP contribution in [-0.4, -0.2) is 0 Å². The summed E-state index contributed by atoms with van der Waals surface area (Å²) >= 11 is 1.88. The van der Waals surface area contributed by atoms with Gasteiger partial charge in [-0.15, -0.1) is 0 Å². The molecular formula is C68H43NOS. The summed E-state index contributed by atoms with van der Waals surface area (Å²) in [6.45, 7) is 0. The van der Waals surface area contributed by atoms with E-state index in [0.29, 0.717) is 0 Å². The van der Waals surface area contributed by atoms with Crippen molar-refractivity contribution in [2.45, 2.75) is 20.6 Å². The lowest BCUT2D eigenvalue weighted by Gasteiger charge is -2.39. The highest BCUT2D eigenvalue weighted by Gasteiger charge is 2.52. The summed E-state index contributed by atoms with van der Waals surface area (Å²) in [6, 6.07) is 96.5. The summed E-state index contributed by atoms with van der Waals surface area (Å²) in [5.74, 6) is 1.79. The lowest BCUT2D eigenvalue weighted by molar-refractivity contribution is 0.436. The third kappa shape index (κ3) is 5.67. The van der Waals surface area contributed by atoms with Gasteiger partial charge in [0, 0.05) is 38.0 Å². The van der Waals surface area contributed by atoms with Crippen molar-refractivity contribution in [1.82, 2.24) is 0 Å². The molecule has 11 aromatic rings. The lowest BCUT2D eigenvalue weighted by Crippen LogP contribution is -2.32. The zero-order chi connectivity index (χ0) is 46.7. The van der Waals surface area contributed by atoms with E-state index in [1.807, 2.05) is 11.8 Å². The number of ether oxygens (including phenoxy) is 1. The van der Waals surface area contributed by atoms with Crippen molar-refractivity contribution in [1.29, 1.82) is 0 Å². The van der Waals surface area contributed by atoms with Crippen LogP contribution in [0.15, 0.2) is 271 Å². The Morgan fingerprint density at radius 1 is 0.268 bits per heavy atom. The second-order valence-electron chi connectivity index (χ2n) is 19.1. The molecule has 11 aromatic carbocycles. The monoisotopic (exact) mass is 921 g/mol. The normalized spacial score (nSPS) is 14.2. The molecule has 0 unspecified atom stereocenters. The molecule has 0 bridgehead atoms. The van der Waals surface area contributed by atoms with Crippen molar-refractivity contribution in [3.05, 3.63) is 305 Å². The molecule has 2 nitrogen and oxygen atoms in total. The van der Waals surface area contributed by atoms with Gasteiger partial charge in [-0.3, -0.25) is 0 Å². The molecule has 0 fully saturated rings. The van der Waals surface area contributed by atoms with Gasteiger partial charge in [-0.2, -0.15) is 0 Å². The van der Waals surface area contributed by atoms with E-state index in [9.17, 15) is 0 Å². The summed E-state index contributed by atoms with van der Waals surface area (Å²) in [6.07, 6.45) is 0. The third-order valence-electron chi connectivity index (χ3n) is 15.6. The minimum absolute atomic E-state index is 0.453. The summed E-state index contributed by atoms with van der Waals surface area (Å²) < 4.78 is 6.68. The van der Waals surface area contributed by atoms with E-state index in [1.54, 1.807) is 0 Å². The minimum Gasteiger partial charge on any atom is -0.457 e. The molecule has 0 N–H and O–H groups in total. The largest absolute Gasteiger partial charge is 0.457 e. The fourth-order valence-electron chi connectivity index (χ4n) is 12.7. The second-order valence-corrected chi connectivity index (χ2v) is 20.2. The van der Waals surface area contributed by atoms with Gasteiger partial charge in [-0.05, 0) is 145 Å². The molecule has 0 amide bonds. The highest BCUT2D eigenvalue weighted by molar-refractivity contribution is 7.99. The lowest BCUT2D eigenvalue weighted by atomic mass is 9.66. The van der Waals surface area contributed by atoms with Gasteiger partial charge in [0.1, 0.15) is 11.5 Å². The summed E-state index contributed by atoms with van der Waals surface area (Å²) in [7, 11) is 0. The van der Waals surface area contributed by atoms with Gasteiger partial charge < -0.3 is 9.64 Å². The van der Waals surface area contributed by atoms with Crippen LogP contribution in [0.3, 0.4) is 0 Å². The van der Waals surface area contributed by atoms with Crippen LogP contribution < -0.4 is 9.64 Å². The number of benzene rings is 11. The van der Waals surface area contributed by atoms with E-state index < -0.39 is 10.8 Å². The molecule has 3 heteroatoms. The van der Waals surface area contributed by atoms with Crippen molar-refractivity contribution < 1.29 is 4.74 Å². The zero-order valence-corrected chi connectivity index (χ0v) is 39.4. The van der Waals surface area contributed by atoms with E-state index in [2.05, 4.69) is 266 Å². The van der Waals surface area contributed by atoms with Crippen molar-refractivity contribution in [2.24, 2.45) is 0 Å². The molecule has 4 aliphatic rings. The van der Waals surface area contributed by atoms with Crippen molar-refractivity contribution >= 4 is 28.8 Å². The van der Waals surface area contributed by atoms with Crippen LogP contribution in [0.4, 0.5) is 17.1 Å². The van der Waals surface area contributed by atoms with Crippen LogP contribution in [0.2, 0.25) is 0 Å². The van der Waals surface area contributed by atoms with E-state index >= 15 is 0 Å². The van der Waals surface area contributed by atoms with E-state index in [1.165, 1.54) is 87.7 Å². The van der Waals surface area contributed by atoms with Crippen LogP contribution in [-0.2, 0) is 10.8 Å². The SMILES string of the molecule is c1ccc(-c2cccc(-c3ccc(N(c4ccc5c(c4)-c4ccccc4C54c5ccccc5Oc5ccccc54)c4ccc5c(c4)-c4ccccc4C54c5ccccc5Sc5ccccc54)cc3)c2)cc1. The van der Waals surface area contributed by atoms with Crippen LogP contribution in [0, 0.1) is 0 Å². The maximum atomic E-state index is 6.68. The van der Waals surface area contributed by atoms with Crippen molar-refractivity contribution in [3.63, 3.8) is 0 Å². The van der Waals surface area contributed by atoms with Crippen molar-refractivity contribution in [2.75, 3.05) is 4.90 Å². The average Bonchev–Trinajstić information content (AvgIpc) is 3.89. The Bertz CT molecular complexity index is 3680. The fraction of sp³-hybridized carbons (Fsp3) is 0.0294. The maximum Gasteiger partial charge on any atom is 0.132 e. The van der Waals surface area contributed by atoms with Gasteiger partial charge in [0.25, 0.3) is 0 Å². The first kappa shape index (κ1) is 40.3. The molecule has 0 aromatic heterocycles. The molecule has 0 saturated carbocycles. The Morgan fingerprint density at radius 2 is 0.662 bits per heavy atom. The Balaban J connectivity index is 0.945. The van der Waals surface area contributed by atoms with Crippen LogP contribution in [0.5, 0.6) is 11.5 Å². The Hall–Kier alpha value is -8.63. The predicted octanol–water partition coefficient (Wildman–Crippen LogP) is 17.8. The van der Waals surface area contributed by atoms with Crippen LogP contribution in [0.1, 0.15) is 44.5 Å². The molecule has 2 spiro atoms. The smallest absolute Gasteiger partial charge is 0.132 e. The van der Waals surface area contributed by atoms with Gasteiger partial charge in [0.05, 0.1) is 10.8 Å². The fourth-order valence-corrected chi connectivity index (χ4v) is 13.9. The highest BCUT2D eigenvalue weighted by Crippen LogP contribution is 2.64. The summed E-state index contributed by atoms with van der Waals surface area (Å²) in [5.41, 5.74) is 22.2. The van der Waals surface area contributed by atoms with Crippen molar-refractivity contribution in [3.8, 4) is 56.0 Å². The average molecular weight is 922 g/mol. The molecular weight excluding hydrogens is 879 g/mol. The molecule has 2 aliphatic heterocycles. The van der Waals surface area contributed by atoms with Crippen LogP contribution in [0.25, 0.3) is 44.5 Å². The van der Waals surface area contributed by atoms with Gasteiger partial charge in [0.2, 0.25) is 0 Å². The van der Waals surface area contributed by atoms with Gasteiger partial charge in [-0.1, -0.05) is 206 Å². The molecule has 0 saturated heterocycles. The number of hydrogen-bond acceptors (Lipinski definition) is 3. The number of nitrogens with zero attached hydrogens (tertiary/aromatic N) is 1. The third-order valence-corrected chi connectivity index (χ3v) is 16.8. The van der Waals surface area contributed by atoms with Crippen LogP contribution >= 0.6 is 11.8 Å². The standard InChI is InChI=1S/C68H43NOS/c1-2-17-44(18-3-1)46-19-16-20-47(41-46)45-33-35-48(36-34-45)69(49-37-39-57-53(42-49)51-21-4-6-23-55(51)67(57)59-25-8-12-29-63(59)70-64-30-13-9-26-60(64)67)50-38-40-58-54(43-50)52-22-5-7-24-56(52)68(58)61-27-10-14-31-65(61)71-66-32-15-11-28-62(66)68/h1-43H. The Labute approximate surface area is 418 Å². The van der Waals surface area contributed by atoms with E-state index in [-0.39, 0.29) is 0 Å². The molecule has 2 heterocycles. The molecule has 0 radical (unpaired) electrons. The first-order valence-electron chi connectivity index (χ1n) is 24.5. The number of rotatable bonds is 5. The molecule has 332 valence electrons. The first-order chi connectivity index (χ1) is 35.2. The Morgan fingerprint density at radius 3 is 1.21 bits per heavy atom. The maximum absolute atomic E-state index is 6.68. The number of fused-ring (bicyclic) bond motifs is 18. The predicted molar refractivity (Wildman–Crippen MR) is 291 cm³/mol. The highest BCUT2D eigenvalue weighted by atomic mass is 32.2. The van der Waals surface area contributed by atoms with Gasteiger partial charge in [0.15, 0.2) is 0 Å². The summed E-state index contributed by atoms with van der Waals surface area (Å²) in [4.78, 5) is 5.08. The van der Waals surface area contributed by atoms with Gasteiger partial charge >= 0.3 is 0 Å².